The van der Waals surface area contributed by atoms with Crippen LogP contribution in [0.4, 0.5) is 0 Å². The molecule has 17 heavy (non-hydrogen) atoms. The summed E-state index contributed by atoms with van der Waals surface area (Å²) in [6, 6.07) is 2.28. The van der Waals surface area contributed by atoms with Crippen LogP contribution in [0.15, 0.2) is 18.5 Å². The van der Waals surface area contributed by atoms with Crippen LogP contribution in [0.3, 0.4) is 0 Å². The van der Waals surface area contributed by atoms with Gasteiger partial charge in [0.25, 0.3) is 0 Å². The fourth-order valence-corrected chi connectivity index (χ4v) is 2.29. The van der Waals surface area contributed by atoms with E-state index < -0.39 is 0 Å². The summed E-state index contributed by atoms with van der Waals surface area (Å²) < 4.78 is 2.15. The monoisotopic (exact) mass is 230 g/mol. The molecule has 0 bridgehead atoms. The summed E-state index contributed by atoms with van der Waals surface area (Å²) in [4.78, 5) is 12.5. The van der Waals surface area contributed by atoms with Crippen LogP contribution in [0.25, 0.3) is 5.65 Å². The summed E-state index contributed by atoms with van der Waals surface area (Å²) in [5.41, 5.74) is 5.23. The van der Waals surface area contributed by atoms with Crippen LogP contribution >= 0.6 is 0 Å². The molecule has 2 aromatic heterocycles. The number of imidazole rings is 1. The van der Waals surface area contributed by atoms with Crippen molar-refractivity contribution in [3.8, 4) is 0 Å². The van der Waals surface area contributed by atoms with Crippen molar-refractivity contribution in [3.05, 3.63) is 35.3 Å². The van der Waals surface area contributed by atoms with Crippen molar-refractivity contribution in [2.75, 3.05) is 0 Å². The van der Waals surface area contributed by atoms with Crippen LogP contribution in [-0.4, -0.2) is 16.2 Å². The van der Waals surface area contributed by atoms with Crippen LogP contribution < -0.4 is 0 Å². The number of aromatic nitrogens is 2. The van der Waals surface area contributed by atoms with Crippen LogP contribution in [0.2, 0.25) is 0 Å². The van der Waals surface area contributed by atoms with Gasteiger partial charge in [0, 0.05) is 12.4 Å². The summed E-state index contributed by atoms with van der Waals surface area (Å²) in [5, 5.41) is 0. The Bertz CT molecular complexity index is 526. The number of carbonyl (C=O) groups is 1. The second-order valence-corrected chi connectivity index (χ2v) is 4.53. The Labute approximate surface area is 101 Å². The lowest BCUT2D eigenvalue weighted by atomic mass is 10.0. The minimum atomic E-state index is 0.821. The van der Waals surface area contributed by atoms with Crippen LogP contribution in [0.5, 0.6) is 0 Å². The van der Waals surface area contributed by atoms with Gasteiger partial charge in [-0.15, -0.1) is 0 Å². The number of nitrogens with zero attached hydrogens (tertiary/aromatic N) is 2. The molecule has 0 radical (unpaired) electrons. The van der Waals surface area contributed by atoms with E-state index in [2.05, 4.69) is 41.7 Å². The second-order valence-electron chi connectivity index (χ2n) is 4.53. The molecule has 0 N–H and O–H groups in total. The van der Waals surface area contributed by atoms with Crippen molar-refractivity contribution in [2.45, 2.75) is 39.0 Å². The van der Waals surface area contributed by atoms with Gasteiger partial charge in [0.1, 0.15) is 12.4 Å². The fraction of sp³-hybridized carbons (Fsp3) is 0.429. The molecule has 3 rings (SSSR count). The van der Waals surface area contributed by atoms with Crippen LogP contribution in [0.1, 0.15) is 42.5 Å². The molecule has 0 atom stereocenters. The molecule has 0 amide bonds. The Balaban J connectivity index is 0.000000514. The molecular weight excluding hydrogens is 212 g/mol. The third kappa shape index (κ3) is 2.23. The first-order valence-corrected chi connectivity index (χ1v) is 6.05. The average Bonchev–Trinajstić information content (AvgIpc) is 3.12. The molecule has 0 saturated heterocycles. The maximum atomic E-state index is 8.00. The van der Waals surface area contributed by atoms with Gasteiger partial charge in [0.2, 0.25) is 0 Å². The van der Waals surface area contributed by atoms with E-state index in [1.165, 1.54) is 24.0 Å². The number of hydrogen-bond acceptors (Lipinski definition) is 2. The molecule has 1 fully saturated rings. The first kappa shape index (κ1) is 11.8. The van der Waals surface area contributed by atoms with E-state index in [1.54, 1.807) is 0 Å². The van der Waals surface area contributed by atoms with Gasteiger partial charge in [-0.05, 0) is 49.3 Å². The van der Waals surface area contributed by atoms with Gasteiger partial charge in [-0.2, -0.15) is 0 Å². The zero-order valence-corrected chi connectivity index (χ0v) is 10.4. The highest BCUT2D eigenvalue weighted by Crippen LogP contribution is 2.42. The first-order chi connectivity index (χ1) is 8.28. The van der Waals surface area contributed by atoms with E-state index in [4.69, 9.17) is 4.79 Å². The SMILES string of the molecule is C=O.CCc1cn2cc(C)nc2cc1C1CC1. The molecule has 0 unspecified atom stereocenters. The Morgan fingerprint density at radius 2 is 2.12 bits per heavy atom. The van der Waals surface area contributed by atoms with Crippen LogP contribution in [0, 0.1) is 6.92 Å². The van der Waals surface area contributed by atoms with Gasteiger partial charge in [-0.25, -0.2) is 4.98 Å². The van der Waals surface area contributed by atoms with Gasteiger partial charge < -0.3 is 9.20 Å². The largest absolute Gasteiger partial charge is 0.307 e. The molecule has 3 heteroatoms. The van der Waals surface area contributed by atoms with Crippen molar-refractivity contribution in [3.63, 3.8) is 0 Å². The topological polar surface area (TPSA) is 34.4 Å². The number of carbonyl (C=O) groups excluding carboxylic acids is 1. The van der Waals surface area contributed by atoms with Crippen molar-refractivity contribution in [2.24, 2.45) is 0 Å². The summed E-state index contributed by atoms with van der Waals surface area (Å²) in [5.74, 6) is 0.821. The summed E-state index contributed by atoms with van der Waals surface area (Å²) >= 11 is 0. The number of aryl methyl sites for hydroxylation is 2. The molecule has 0 aromatic carbocycles. The zero-order chi connectivity index (χ0) is 12.4. The minimum Gasteiger partial charge on any atom is -0.307 e. The lowest BCUT2D eigenvalue weighted by Gasteiger charge is -2.07. The molecule has 2 aromatic rings. The Morgan fingerprint density at radius 1 is 1.41 bits per heavy atom. The molecular formula is C14H18N2O. The average molecular weight is 230 g/mol. The fourth-order valence-electron chi connectivity index (χ4n) is 2.29. The number of hydrogen-bond donors (Lipinski definition) is 0. The smallest absolute Gasteiger partial charge is 0.137 e. The second kappa shape index (κ2) is 4.70. The highest BCUT2D eigenvalue weighted by molar-refractivity contribution is 5.48. The van der Waals surface area contributed by atoms with Gasteiger partial charge in [0.15, 0.2) is 0 Å². The van der Waals surface area contributed by atoms with E-state index in [9.17, 15) is 0 Å². The molecule has 90 valence electrons. The van der Waals surface area contributed by atoms with Gasteiger partial charge in [0.05, 0.1) is 5.69 Å². The quantitative estimate of drug-likeness (QED) is 0.795. The van der Waals surface area contributed by atoms with Gasteiger partial charge in [-0.3, -0.25) is 0 Å². The standard InChI is InChI=1S/C13H16N2.CH2O/c1-3-10-8-15-7-9(2)14-13(15)6-12(10)11-4-5-11;1-2/h6-8,11H,3-5H2,1-2H3;1H2. The maximum absolute atomic E-state index is 8.00. The highest BCUT2D eigenvalue weighted by atomic mass is 16.1. The predicted molar refractivity (Wildman–Crippen MR) is 68.4 cm³/mol. The van der Waals surface area contributed by atoms with Crippen molar-refractivity contribution in [1.29, 1.82) is 0 Å². The normalized spacial score (nSPS) is 14.5. The molecule has 1 aliphatic rings. The summed E-state index contributed by atoms with van der Waals surface area (Å²) in [7, 11) is 0. The number of rotatable bonds is 2. The zero-order valence-electron chi connectivity index (χ0n) is 10.4. The highest BCUT2D eigenvalue weighted by Gasteiger charge is 2.26. The lowest BCUT2D eigenvalue weighted by molar-refractivity contribution is -0.0979. The predicted octanol–water partition coefficient (Wildman–Crippen LogP) is 2.90. The Hall–Kier alpha value is -1.64. The van der Waals surface area contributed by atoms with E-state index in [-0.39, 0.29) is 0 Å². The van der Waals surface area contributed by atoms with Crippen molar-refractivity contribution in [1.82, 2.24) is 9.38 Å². The van der Waals surface area contributed by atoms with E-state index in [0.717, 1.165) is 23.7 Å². The molecule has 1 saturated carbocycles. The molecule has 0 spiro atoms. The van der Waals surface area contributed by atoms with E-state index in [0.29, 0.717) is 0 Å². The third-order valence-electron chi connectivity index (χ3n) is 3.23. The molecule has 3 nitrogen and oxygen atoms in total. The maximum Gasteiger partial charge on any atom is 0.137 e. The van der Waals surface area contributed by atoms with Crippen molar-refractivity contribution >= 4 is 12.4 Å². The Kier molecular flexibility index (Phi) is 3.27. The molecule has 2 heterocycles. The van der Waals surface area contributed by atoms with Crippen LogP contribution in [-0.2, 0) is 11.2 Å². The third-order valence-corrected chi connectivity index (χ3v) is 3.23. The van der Waals surface area contributed by atoms with Gasteiger partial charge >= 0.3 is 0 Å². The summed E-state index contributed by atoms with van der Waals surface area (Å²) in [6.45, 7) is 6.28. The molecule has 1 aliphatic carbocycles. The number of fused-ring (bicyclic) bond motifs is 1. The van der Waals surface area contributed by atoms with E-state index >= 15 is 0 Å². The van der Waals surface area contributed by atoms with E-state index in [1.807, 2.05) is 6.79 Å². The first-order valence-electron chi connectivity index (χ1n) is 6.05. The van der Waals surface area contributed by atoms with Crippen molar-refractivity contribution < 1.29 is 4.79 Å². The Morgan fingerprint density at radius 3 is 2.71 bits per heavy atom. The minimum absolute atomic E-state index is 0.821. The van der Waals surface area contributed by atoms with Gasteiger partial charge in [-0.1, -0.05) is 6.92 Å². The summed E-state index contributed by atoms with van der Waals surface area (Å²) in [6.07, 6.45) is 8.21. The molecule has 0 aliphatic heterocycles. The lowest BCUT2D eigenvalue weighted by Crippen LogP contribution is -1.95. The number of pyridine rings is 1.